The summed E-state index contributed by atoms with van der Waals surface area (Å²) in [5, 5.41) is 10.0. The van der Waals surface area contributed by atoms with Crippen molar-refractivity contribution >= 4 is 34.6 Å². The molecule has 1 aliphatic rings. The zero-order valence-corrected chi connectivity index (χ0v) is 22.2. The van der Waals surface area contributed by atoms with Crippen LogP contribution in [0.3, 0.4) is 0 Å². The molecule has 0 atom stereocenters. The van der Waals surface area contributed by atoms with Gasteiger partial charge in [-0.15, -0.1) is 0 Å². The fourth-order valence-corrected chi connectivity index (χ4v) is 5.17. The fraction of sp³-hybridized carbons (Fsp3) is 0.467. The lowest BCUT2D eigenvalue weighted by Crippen LogP contribution is -2.30. The zero-order chi connectivity index (χ0) is 24.9. The molecular weight excluding hydrogens is 452 g/mol. The van der Waals surface area contributed by atoms with Crippen molar-refractivity contribution in [2.75, 3.05) is 6.54 Å². The Morgan fingerprint density at radius 2 is 1.46 bits per heavy atom. The van der Waals surface area contributed by atoms with Crippen LogP contribution in [0.25, 0.3) is 6.08 Å². The van der Waals surface area contributed by atoms with Gasteiger partial charge in [0.05, 0.1) is 17.2 Å². The van der Waals surface area contributed by atoms with Crippen LogP contribution in [-0.4, -0.2) is 27.6 Å². The van der Waals surface area contributed by atoms with Gasteiger partial charge in [-0.1, -0.05) is 107 Å². The number of amides is 1. The molecule has 4 nitrogen and oxygen atoms in total. The standard InChI is InChI=1S/C30H40N2O2S/c1-3-4-5-6-7-8-9-10-11-12-21-32-29(34)28(22-25-15-17-26(23-33)18-16-25)35-30(32)31-27-19-13-24(2)14-20-27/h13-20,22,33H,3-12,21,23H2,1-2H3/b28-22-,31-30?. The van der Waals surface area contributed by atoms with Crippen LogP contribution in [0.4, 0.5) is 5.69 Å². The van der Waals surface area contributed by atoms with E-state index in [1.54, 1.807) is 0 Å². The largest absolute Gasteiger partial charge is 0.392 e. The van der Waals surface area contributed by atoms with E-state index >= 15 is 0 Å². The van der Waals surface area contributed by atoms with E-state index in [1.807, 2.05) is 59.5 Å². The lowest BCUT2D eigenvalue weighted by atomic mass is 10.1. The van der Waals surface area contributed by atoms with Crippen molar-refractivity contribution in [3.8, 4) is 0 Å². The number of benzene rings is 2. The van der Waals surface area contributed by atoms with Crippen molar-refractivity contribution < 1.29 is 9.90 Å². The maximum atomic E-state index is 13.3. The minimum absolute atomic E-state index is 0.0184. The summed E-state index contributed by atoms with van der Waals surface area (Å²) in [4.78, 5) is 20.7. The number of aliphatic hydroxyl groups is 1. The van der Waals surface area contributed by atoms with Gasteiger partial charge in [-0.05, 0) is 54.4 Å². The Bertz CT molecular complexity index is 980. The predicted molar refractivity (Wildman–Crippen MR) is 150 cm³/mol. The number of hydrogen-bond acceptors (Lipinski definition) is 4. The summed E-state index contributed by atoms with van der Waals surface area (Å²) in [6, 6.07) is 15.8. The van der Waals surface area contributed by atoms with Gasteiger partial charge in [0.15, 0.2) is 5.17 Å². The first-order valence-electron chi connectivity index (χ1n) is 13.2. The normalized spacial score (nSPS) is 16.1. The summed E-state index contributed by atoms with van der Waals surface area (Å²) in [7, 11) is 0. The molecule has 0 spiro atoms. The minimum atomic E-state index is 0.0184. The number of carbonyl (C=O) groups is 1. The second kappa shape index (κ2) is 14.9. The van der Waals surface area contributed by atoms with Gasteiger partial charge >= 0.3 is 0 Å². The Morgan fingerprint density at radius 1 is 0.857 bits per heavy atom. The molecule has 1 fully saturated rings. The molecule has 1 saturated heterocycles. The van der Waals surface area contributed by atoms with Crippen molar-refractivity contribution in [2.45, 2.75) is 84.7 Å². The molecule has 0 aromatic heterocycles. The Morgan fingerprint density at radius 3 is 2.06 bits per heavy atom. The Labute approximate surface area is 215 Å². The topological polar surface area (TPSA) is 52.9 Å². The van der Waals surface area contributed by atoms with E-state index in [0.717, 1.165) is 34.8 Å². The van der Waals surface area contributed by atoms with Crippen molar-refractivity contribution in [2.24, 2.45) is 4.99 Å². The molecule has 3 rings (SSSR count). The summed E-state index contributed by atoms with van der Waals surface area (Å²) in [5.41, 5.74) is 3.88. The number of aryl methyl sites for hydroxylation is 1. The van der Waals surface area contributed by atoms with Gasteiger partial charge in [0, 0.05) is 6.54 Å². The number of nitrogens with zero attached hydrogens (tertiary/aromatic N) is 2. The van der Waals surface area contributed by atoms with Gasteiger partial charge < -0.3 is 5.11 Å². The Hall–Kier alpha value is -2.37. The molecule has 1 N–H and O–H groups in total. The molecule has 5 heteroatoms. The van der Waals surface area contributed by atoms with Crippen LogP contribution in [0, 0.1) is 6.92 Å². The number of amidine groups is 1. The molecule has 35 heavy (non-hydrogen) atoms. The number of unbranched alkanes of at least 4 members (excludes halogenated alkanes) is 9. The Kier molecular flexibility index (Phi) is 11.6. The van der Waals surface area contributed by atoms with E-state index in [9.17, 15) is 9.90 Å². The third kappa shape index (κ3) is 8.97. The summed E-state index contributed by atoms with van der Waals surface area (Å²) in [6.45, 7) is 5.04. The van der Waals surface area contributed by atoms with Gasteiger partial charge in [0.1, 0.15) is 0 Å². The van der Waals surface area contributed by atoms with E-state index in [4.69, 9.17) is 4.99 Å². The molecule has 188 valence electrons. The second-order valence-electron chi connectivity index (χ2n) is 9.38. The summed E-state index contributed by atoms with van der Waals surface area (Å²) in [6.07, 6.45) is 14.6. The van der Waals surface area contributed by atoms with Crippen LogP contribution in [0.15, 0.2) is 58.4 Å². The highest BCUT2D eigenvalue weighted by atomic mass is 32.2. The van der Waals surface area contributed by atoms with E-state index in [2.05, 4.69) is 13.8 Å². The molecule has 1 amide bonds. The van der Waals surface area contributed by atoms with E-state index in [1.165, 1.54) is 68.7 Å². The van der Waals surface area contributed by atoms with Crippen LogP contribution in [0.1, 0.15) is 87.8 Å². The highest BCUT2D eigenvalue weighted by Gasteiger charge is 2.33. The molecule has 1 aliphatic heterocycles. The van der Waals surface area contributed by atoms with Crippen LogP contribution in [0.2, 0.25) is 0 Å². The van der Waals surface area contributed by atoms with Crippen LogP contribution >= 0.6 is 11.8 Å². The molecule has 1 heterocycles. The van der Waals surface area contributed by atoms with E-state index in [-0.39, 0.29) is 12.5 Å². The first-order chi connectivity index (χ1) is 17.1. The predicted octanol–water partition coefficient (Wildman–Crippen LogP) is 8.01. The van der Waals surface area contributed by atoms with E-state index < -0.39 is 0 Å². The van der Waals surface area contributed by atoms with Gasteiger partial charge in [0.25, 0.3) is 5.91 Å². The maximum absolute atomic E-state index is 13.3. The summed E-state index contributed by atoms with van der Waals surface area (Å²) >= 11 is 1.45. The second-order valence-corrected chi connectivity index (χ2v) is 10.4. The summed E-state index contributed by atoms with van der Waals surface area (Å²) < 4.78 is 0. The van der Waals surface area contributed by atoms with Gasteiger partial charge in [0.2, 0.25) is 0 Å². The van der Waals surface area contributed by atoms with E-state index in [0.29, 0.717) is 11.4 Å². The van der Waals surface area contributed by atoms with Crippen LogP contribution in [-0.2, 0) is 11.4 Å². The average molecular weight is 493 g/mol. The molecular formula is C30H40N2O2S. The quantitative estimate of drug-likeness (QED) is 0.215. The number of thioether (sulfide) groups is 1. The van der Waals surface area contributed by atoms with Crippen LogP contribution < -0.4 is 0 Å². The fourth-order valence-electron chi connectivity index (χ4n) is 4.15. The number of rotatable bonds is 14. The third-order valence-electron chi connectivity index (χ3n) is 6.34. The molecule has 0 bridgehead atoms. The van der Waals surface area contributed by atoms with Crippen molar-refractivity contribution in [3.05, 3.63) is 70.1 Å². The number of hydrogen-bond donors (Lipinski definition) is 1. The number of aliphatic hydroxyl groups excluding tert-OH is 1. The first-order valence-corrected chi connectivity index (χ1v) is 14.0. The maximum Gasteiger partial charge on any atom is 0.266 e. The minimum Gasteiger partial charge on any atom is -0.392 e. The number of aliphatic imine (C=N–C) groups is 1. The van der Waals surface area contributed by atoms with Crippen molar-refractivity contribution in [1.29, 1.82) is 0 Å². The number of carbonyl (C=O) groups excluding carboxylic acids is 1. The molecule has 0 saturated carbocycles. The smallest absolute Gasteiger partial charge is 0.266 e. The molecule has 0 unspecified atom stereocenters. The van der Waals surface area contributed by atoms with Gasteiger partial charge in [-0.25, -0.2) is 4.99 Å². The highest BCUT2D eigenvalue weighted by Crippen LogP contribution is 2.34. The van der Waals surface area contributed by atoms with Crippen LogP contribution in [0.5, 0.6) is 0 Å². The SMILES string of the molecule is CCCCCCCCCCCCN1C(=O)/C(=C/c2ccc(CO)cc2)SC1=Nc1ccc(C)cc1. The van der Waals surface area contributed by atoms with Crippen molar-refractivity contribution in [3.63, 3.8) is 0 Å². The van der Waals surface area contributed by atoms with Crippen molar-refractivity contribution in [1.82, 2.24) is 4.90 Å². The van der Waals surface area contributed by atoms with Gasteiger partial charge in [-0.2, -0.15) is 0 Å². The lowest BCUT2D eigenvalue weighted by molar-refractivity contribution is -0.122. The third-order valence-corrected chi connectivity index (χ3v) is 7.35. The average Bonchev–Trinajstić information content (AvgIpc) is 3.15. The monoisotopic (exact) mass is 492 g/mol. The molecule has 2 aromatic carbocycles. The molecule has 2 aromatic rings. The van der Waals surface area contributed by atoms with Gasteiger partial charge in [-0.3, -0.25) is 9.69 Å². The summed E-state index contributed by atoms with van der Waals surface area (Å²) in [5.74, 6) is 0.0306. The highest BCUT2D eigenvalue weighted by molar-refractivity contribution is 8.18. The lowest BCUT2D eigenvalue weighted by Gasteiger charge is -2.15. The first kappa shape index (κ1) is 27.2. The Balaban J connectivity index is 1.60. The molecule has 0 radical (unpaired) electrons. The molecule has 0 aliphatic carbocycles. The zero-order valence-electron chi connectivity index (χ0n) is 21.3.